The van der Waals surface area contributed by atoms with E-state index in [1.807, 2.05) is 33.9 Å². The molecule has 262 valence electrons. The van der Waals surface area contributed by atoms with Gasteiger partial charge < -0.3 is 14.8 Å². The summed E-state index contributed by atoms with van der Waals surface area (Å²) in [4.78, 5) is 18.2. The molecule has 1 amide bonds. The van der Waals surface area contributed by atoms with Gasteiger partial charge in [0.2, 0.25) is 0 Å². The molecule has 0 fully saturated rings. The molecule has 0 aliphatic carbocycles. The normalized spacial score (nSPS) is 12.5. The van der Waals surface area contributed by atoms with Crippen molar-refractivity contribution in [1.29, 1.82) is 0 Å². The van der Waals surface area contributed by atoms with Crippen molar-refractivity contribution in [3.63, 3.8) is 0 Å². The maximum absolute atomic E-state index is 12.5. The molecule has 0 bridgehead atoms. The molecule has 0 aromatic heterocycles. The number of amides is 1. The Morgan fingerprint density at radius 1 is 0.727 bits per heavy atom. The number of rotatable bonds is 33. The van der Waals surface area contributed by atoms with E-state index in [4.69, 9.17) is 14.3 Å². The molecule has 6 nitrogen and oxygen atoms in total. The number of allylic oxidation sites excluding steroid dienone is 1. The van der Waals surface area contributed by atoms with Crippen LogP contribution in [-0.2, 0) is 14.3 Å². The Labute approximate surface area is 274 Å². The number of nitrogens with zero attached hydrogens (tertiary/aromatic N) is 1. The van der Waals surface area contributed by atoms with E-state index in [0.717, 1.165) is 38.5 Å². The molecule has 0 heterocycles. The van der Waals surface area contributed by atoms with Crippen molar-refractivity contribution in [2.75, 3.05) is 26.9 Å². The van der Waals surface area contributed by atoms with Gasteiger partial charge in [0.1, 0.15) is 12.8 Å². The lowest BCUT2D eigenvalue weighted by atomic mass is 10.0. The fraction of sp³-hybridized carbons (Fsp3) is 0.921. The second kappa shape index (κ2) is 31.9. The Morgan fingerprint density at radius 3 is 1.64 bits per heavy atom. The van der Waals surface area contributed by atoms with E-state index in [2.05, 4.69) is 18.8 Å². The Kier molecular flexibility index (Phi) is 31.1. The van der Waals surface area contributed by atoms with Gasteiger partial charge in [0.15, 0.2) is 0 Å². The van der Waals surface area contributed by atoms with Crippen molar-refractivity contribution in [2.45, 2.75) is 200 Å². The fourth-order valence-electron chi connectivity index (χ4n) is 5.37. The molecular weight excluding hydrogens is 548 g/mol. The second-order valence-electron chi connectivity index (χ2n) is 13.9. The molecule has 0 spiro atoms. The second-order valence-corrected chi connectivity index (χ2v) is 13.9. The summed E-state index contributed by atoms with van der Waals surface area (Å²) in [5, 5.41) is 4.61. The molecule has 0 aliphatic heterocycles. The van der Waals surface area contributed by atoms with Crippen LogP contribution in [-0.4, -0.2) is 49.8 Å². The average molecular weight is 625 g/mol. The lowest BCUT2D eigenvalue weighted by molar-refractivity contribution is -0.213. The number of ether oxygens (including phenoxy) is 2. The monoisotopic (exact) mass is 625 g/mol. The lowest BCUT2D eigenvalue weighted by Gasteiger charge is -2.24. The molecule has 44 heavy (non-hydrogen) atoms. The summed E-state index contributed by atoms with van der Waals surface area (Å²) in [5.74, 6) is 0. The van der Waals surface area contributed by atoms with Gasteiger partial charge in [-0.2, -0.15) is 5.06 Å². The quantitative estimate of drug-likeness (QED) is 0.0341. The number of unbranched alkanes of at least 4 members (excludes halogenated alkanes) is 20. The van der Waals surface area contributed by atoms with Crippen LogP contribution in [0.5, 0.6) is 0 Å². The van der Waals surface area contributed by atoms with Crippen LogP contribution in [0.4, 0.5) is 4.79 Å². The SMILES string of the molecule is C=CCCCCCCCC(CCCCCCCCCCCCCCCCCC)OC(=O)NCCCON(C)COC(C)(C)C. The van der Waals surface area contributed by atoms with Crippen LogP contribution in [0.3, 0.4) is 0 Å². The Bertz CT molecular complexity index is 622. The summed E-state index contributed by atoms with van der Waals surface area (Å²) < 4.78 is 11.6. The molecule has 1 N–H and O–H groups in total. The third kappa shape index (κ3) is 33.8. The smallest absolute Gasteiger partial charge is 0.407 e. The highest BCUT2D eigenvalue weighted by atomic mass is 16.7. The number of nitrogens with one attached hydrogen (secondary N) is 1. The number of carbonyl (C=O) groups is 1. The Balaban J connectivity index is 4.04. The minimum absolute atomic E-state index is 0.0201. The maximum atomic E-state index is 12.5. The van der Waals surface area contributed by atoms with E-state index < -0.39 is 0 Å². The summed E-state index contributed by atoms with van der Waals surface area (Å²) >= 11 is 0. The highest BCUT2D eigenvalue weighted by molar-refractivity contribution is 5.67. The molecular formula is C38H76N2O4. The van der Waals surface area contributed by atoms with Gasteiger partial charge in [-0.15, -0.1) is 6.58 Å². The zero-order valence-electron chi connectivity index (χ0n) is 30.2. The zero-order chi connectivity index (χ0) is 32.6. The van der Waals surface area contributed by atoms with Gasteiger partial charge in [0, 0.05) is 13.6 Å². The van der Waals surface area contributed by atoms with Crippen molar-refractivity contribution >= 4 is 6.09 Å². The standard InChI is InChI=1S/C38H76N2O4/c1-7-9-11-13-15-16-17-18-19-20-21-22-23-25-27-29-32-36(31-28-26-24-14-12-10-8-2)44-37(41)39-33-30-34-43-40(6)35-42-38(3,4)5/h8,36H,2,7,9-35H2,1,3-6H3,(H,39,41). The van der Waals surface area contributed by atoms with E-state index in [9.17, 15) is 4.79 Å². The molecule has 0 rings (SSSR count). The predicted molar refractivity (Wildman–Crippen MR) is 189 cm³/mol. The molecule has 0 aromatic carbocycles. The summed E-state index contributed by atoms with van der Waals surface area (Å²) in [6.45, 7) is 13.6. The van der Waals surface area contributed by atoms with Crippen LogP contribution >= 0.6 is 0 Å². The van der Waals surface area contributed by atoms with Gasteiger partial charge in [-0.1, -0.05) is 129 Å². The van der Waals surface area contributed by atoms with Crippen molar-refractivity contribution in [1.82, 2.24) is 10.4 Å². The van der Waals surface area contributed by atoms with E-state index in [1.165, 1.54) is 122 Å². The van der Waals surface area contributed by atoms with Crippen molar-refractivity contribution in [3.05, 3.63) is 12.7 Å². The van der Waals surface area contributed by atoms with Crippen LogP contribution in [0.25, 0.3) is 0 Å². The molecule has 0 saturated heterocycles. The summed E-state index contributed by atoms with van der Waals surface area (Å²) in [6, 6.07) is 0. The van der Waals surface area contributed by atoms with Crippen molar-refractivity contribution in [2.24, 2.45) is 0 Å². The first-order valence-electron chi connectivity index (χ1n) is 18.8. The first kappa shape index (κ1) is 42.9. The van der Waals surface area contributed by atoms with Gasteiger partial charge in [-0.25, -0.2) is 4.79 Å². The van der Waals surface area contributed by atoms with E-state index >= 15 is 0 Å². The van der Waals surface area contributed by atoms with Gasteiger partial charge in [-0.05, 0) is 65.7 Å². The summed E-state index contributed by atoms with van der Waals surface area (Å²) in [6.07, 6.45) is 33.6. The Hall–Kier alpha value is -1.11. The predicted octanol–water partition coefficient (Wildman–Crippen LogP) is 11.7. The lowest BCUT2D eigenvalue weighted by Crippen LogP contribution is -2.32. The molecule has 0 saturated carbocycles. The summed E-state index contributed by atoms with van der Waals surface area (Å²) in [7, 11) is 1.86. The third-order valence-electron chi connectivity index (χ3n) is 8.17. The van der Waals surface area contributed by atoms with Crippen molar-refractivity contribution in [3.8, 4) is 0 Å². The van der Waals surface area contributed by atoms with E-state index in [-0.39, 0.29) is 17.8 Å². The molecule has 0 aromatic rings. The first-order valence-corrected chi connectivity index (χ1v) is 18.8. The van der Waals surface area contributed by atoms with Crippen molar-refractivity contribution < 1.29 is 19.1 Å². The molecule has 0 radical (unpaired) electrons. The van der Waals surface area contributed by atoms with Crippen LogP contribution in [0.1, 0.15) is 188 Å². The largest absolute Gasteiger partial charge is 0.446 e. The van der Waals surface area contributed by atoms with E-state index in [0.29, 0.717) is 19.9 Å². The van der Waals surface area contributed by atoms with Crippen LogP contribution in [0.2, 0.25) is 0 Å². The number of hydrogen-bond acceptors (Lipinski definition) is 5. The van der Waals surface area contributed by atoms with Crippen LogP contribution in [0, 0.1) is 0 Å². The first-order chi connectivity index (χ1) is 21.3. The fourth-order valence-corrected chi connectivity index (χ4v) is 5.37. The van der Waals surface area contributed by atoms with Gasteiger partial charge in [-0.3, -0.25) is 4.84 Å². The maximum Gasteiger partial charge on any atom is 0.407 e. The number of hydroxylamine groups is 2. The Morgan fingerprint density at radius 2 is 1.18 bits per heavy atom. The summed E-state index contributed by atoms with van der Waals surface area (Å²) in [5.41, 5.74) is -0.197. The van der Waals surface area contributed by atoms with Gasteiger partial charge in [0.05, 0.1) is 12.2 Å². The van der Waals surface area contributed by atoms with E-state index in [1.54, 1.807) is 5.06 Å². The number of carbonyl (C=O) groups excluding carboxylic acids is 1. The minimum atomic E-state index is -0.290. The molecule has 0 aliphatic rings. The minimum Gasteiger partial charge on any atom is -0.446 e. The molecule has 1 atom stereocenters. The third-order valence-corrected chi connectivity index (χ3v) is 8.17. The molecule has 6 heteroatoms. The number of alkyl carbamates (subject to hydrolysis) is 1. The van der Waals surface area contributed by atoms with Gasteiger partial charge >= 0.3 is 6.09 Å². The highest BCUT2D eigenvalue weighted by Crippen LogP contribution is 2.18. The highest BCUT2D eigenvalue weighted by Gasteiger charge is 2.15. The van der Waals surface area contributed by atoms with Crippen LogP contribution < -0.4 is 5.32 Å². The zero-order valence-corrected chi connectivity index (χ0v) is 30.2. The average Bonchev–Trinajstić information content (AvgIpc) is 2.98. The van der Waals surface area contributed by atoms with Crippen LogP contribution in [0.15, 0.2) is 12.7 Å². The molecule has 1 unspecified atom stereocenters. The topological polar surface area (TPSA) is 60.0 Å². The number of hydrogen-bond donors (Lipinski definition) is 1. The van der Waals surface area contributed by atoms with Gasteiger partial charge in [0.25, 0.3) is 0 Å².